The minimum atomic E-state index is -0.254. The van der Waals surface area contributed by atoms with E-state index in [-0.39, 0.29) is 18.0 Å². The van der Waals surface area contributed by atoms with Gasteiger partial charge in [-0.05, 0) is 47.1 Å². The van der Waals surface area contributed by atoms with Crippen LogP contribution >= 0.6 is 27.3 Å². The number of thiophene rings is 1. The molecule has 2 nitrogen and oxygen atoms in total. The molecule has 1 aliphatic rings. The number of hydrogen-bond donors (Lipinski definition) is 1. The van der Waals surface area contributed by atoms with Gasteiger partial charge in [0.25, 0.3) is 0 Å². The van der Waals surface area contributed by atoms with Crippen molar-refractivity contribution in [3.63, 3.8) is 0 Å². The molecule has 0 aliphatic carbocycles. The Kier molecular flexibility index (Phi) is 4.62. The molecular formula is C16H17BrFNOS. The van der Waals surface area contributed by atoms with Gasteiger partial charge in [0.05, 0.1) is 3.79 Å². The lowest BCUT2D eigenvalue weighted by molar-refractivity contribution is 0.154. The molecule has 2 heterocycles. The van der Waals surface area contributed by atoms with Gasteiger partial charge in [0.15, 0.2) is 0 Å². The van der Waals surface area contributed by atoms with Crippen molar-refractivity contribution in [1.29, 1.82) is 0 Å². The van der Waals surface area contributed by atoms with E-state index in [1.165, 1.54) is 17.0 Å². The van der Waals surface area contributed by atoms with Crippen molar-refractivity contribution in [3.05, 3.63) is 50.4 Å². The number of fused-ring (bicyclic) bond motifs is 1. The topological polar surface area (TPSA) is 21.3 Å². The molecule has 5 heteroatoms. The minimum Gasteiger partial charge on any atom is -0.484 e. The molecule has 0 radical (unpaired) electrons. The lowest BCUT2D eigenvalue weighted by atomic mass is 9.95. The standard InChI is InChI=1S/C16H17BrFNOS/c1-2-7-19-12-9-14(15-5-6-16(17)21-15)20-13-8-10(18)3-4-11(12)13/h3-6,8,12,14,19H,2,7,9H2,1H3. The molecule has 1 N–H and O–H groups in total. The van der Waals surface area contributed by atoms with Crippen LogP contribution < -0.4 is 10.1 Å². The molecule has 1 aliphatic heterocycles. The third-order valence-corrected chi connectivity index (χ3v) is 5.34. The average Bonchev–Trinajstić information content (AvgIpc) is 2.90. The van der Waals surface area contributed by atoms with E-state index in [1.54, 1.807) is 11.3 Å². The first-order chi connectivity index (χ1) is 10.2. The molecule has 1 aromatic carbocycles. The Bertz CT molecular complexity index is 630. The summed E-state index contributed by atoms with van der Waals surface area (Å²) in [5.41, 5.74) is 1.05. The van der Waals surface area contributed by atoms with Crippen molar-refractivity contribution in [2.75, 3.05) is 6.54 Å². The van der Waals surface area contributed by atoms with E-state index in [2.05, 4.69) is 34.2 Å². The number of halogens is 2. The Labute approximate surface area is 136 Å². The van der Waals surface area contributed by atoms with Crippen LogP contribution in [0.3, 0.4) is 0 Å². The van der Waals surface area contributed by atoms with Gasteiger partial charge >= 0.3 is 0 Å². The van der Waals surface area contributed by atoms with Crippen LogP contribution in [0, 0.1) is 5.82 Å². The van der Waals surface area contributed by atoms with Gasteiger partial charge < -0.3 is 10.1 Å². The molecule has 0 spiro atoms. The molecule has 0 fully saturated rings. The zero-order chi connectivity index (χ0) is 14.8. The van der Waals surface area contributed by atoms with Crippen LogP contribution in [0.4, 0.5) is 4.39 Å². The van der Waals surface area contributed by atoms with Gasteiger partial charge in [-0.2, -0.15) is 0 Å². The van der Waals surface area contributed by atoms with Crippen LogP contribution in [-0.2, 0) is 0 Å². The second-order valence-electron chi connectivity index (χ2n) is 5.17. The molecule has 2 aromatic rings. The van der Waals surface area contributed by atoms with Crippen LogP contribution in [0.2, 0.25) is 0 Å². The van der Waals surface area contributed by atoms with E-state index in [0.29, 0.717) is 5.75 Å². The van der Waals surface area contributed by atoms with E-state index in [9.17, 15) is 4.39 Å². The highest BCUT2D eigenvalue weighted by molar-refractivity contribution is 9.11. The maximum atomic E-state index is 13.5. The predicted molar refractivity (Wildman–Crippen MR) is 87.4 cm³/mol. The molecular weight excluding hydrogens is 353 g/mol. The Morgan fingerprint density at radius 1 is 1.38 bits per heavy atom. The first-order valence-electron chi connectivity index (χ1n) is 7.12. The van der Waals surface area contributed by atoms with Crippen molar-refractivity contribution in [2.24, 2.45) is 0 Å². The molecule has 0 saturated carbocycles. The van der Waals surface area contributed by atoms with E-state index < -0.39 is 0 Å². The molecule has 1 aromatic heterocycles. The van der Waals surface area contributed by atoms with Crippen molar-refractivity contribution in [3.8, 4) is 5.75 Å². The lowest BCUT2D eigenvalue weighted by Crippen LogP contribution is -2.29. The van der Waals surface area contributed by atoms with Crippen molar-refractivity contribution < 1.29 is 9.13 Å². The Morgan fingerprint density at radius 3 is 2.95 bits per heavy atom. The zero-order valence-electron chi connectivity index (χ0n) is 11.7. The fourth-order valence-corrected chi connectivity index (χ4v) is 4.09. The van der Waals surface area contributed by atoms with Crippen LogP contribution in [-0.4, -0.2) is 6.54 Å². The summed E-state index contributed by atoms with van der Waals surface area (Å²) in [5.74, 6) is 0.403. The van der Waals surface area contributed by atoms with Crippen LogP contribution in [0.25, 0.3) is 0 Å². The smallest absolute Gasteiger partial charge is 0.135 e. The molecule has 0 saturated heterocycles. The summed E-state index contributed by atoms with van der Waals surface area (Å²) in [4.78, 5) is 1.17. The van der Waals surface area contributed by atoms with Crippen molar-refractivity contribution in [1.82, 2.24) is 5.32 Å². The van der Waals surface area contributed by atoms with Gasteiger partial charge in [0, 0.05) is 29.0 Å². The highest BCUT2D eigenvalue weighted by Crippen LogP contribution is 2.43. The highest BCUT2D eigenvalue weighted by atomic mass is 79.9. The largest absolute Gasteiger partial charge is 0.484 e. The molecule has 112 valence electrons. The van der Waals surface area contributed by atoms with Crippen molar-refractivity contribution >= 4 is 27.3 Å². The maximum absolute atomic E-state index is 13.5. The Morgan fingerprint density at radius 2 is 2.24 bits per heavy atom. The first-order valence-corrected chi connectivity index (χ1v) is 8.73. The molecule has 21 heavy (non-hydrogen) atoms. The highest BCUT2D eigenvalue weighted by Gasteiger charge is 2.30. The van der Waals surface area contributed by atoms with Gasteiger partial charge in [-0.1, -0.05) is 13.0 Å². The molecule has 0 amide bonds. The number of ether oxygens (including phenoxy) is 1. The monoisotopic (exact) mass is 369 g/mol. The normalized spacial score (nSPS) is 20.9. The van der Waals surface area contributed by atoms with E-state index in [0.717, 1.165) is 28.7 Å². The van der Waals surface area contributed by atoms with Crippen LogP contribution in [0.5, 0.6) is 5.75 Å². The molecule has 0 bridgehead atoms. The Balaban J connectivity index is 1.91. The quantitative estimate of drug-likeness (QED) is 0.797. The minimum absolute atomic E-state index is 0.0232. The van der Waals surface area contributed by atoms with E-state index >= 15 is 0 Å². The number of rotatable bonds is 4. The number of nitrogens with one attached hydrogen (secondary N) is 1. The first kappa shape index (κ1) is 15.0. The van der Waals surface area contributed by atoms with Gasteiger partial charge in [0.1, 0.15) is 17.7 Å². The summed E-state index contributed by atoms with van der Waals surface area (Å²) >= 11 is 5.16. The SMILES string of the molecule is CCCNC1CC(c2ccc(Br)s2)Oc2cc(F)ccc21. The average molecular weight is 370 g/mol. The Hall–Kier alpha value is -0.910. The molecule has 3 rings (SSSR count). The second kappa shape index (κ2) is 6.46. The van der Waals surface area contributed by atoms with E-state index in [1.807, 2.05) is 12.1 Å². The maximum Gasteiger partial charge on any atom is 0.135 e. The molecule has 2 unspecified atom stereocenters. The number of hydrogen-bond acceptors (Lipinski definition) is 3. The summed E-state index contributed by atoms with van der Waals surface area (Å²) < 4.78 is 20.6. The predicted octanol–water partition coefficient (Wildman–Crippen LogP) is 5.21. The lowest BCUT2D eigenvalue weighted by Gasteiger charge is -2.32. The summed E-state index contributed by atoms with van der Waals surface area (Å²) in [6.07, 6.45) is 1.92. The third-order valence-electron chi connectivity index (χ3n) is 3.62. The van der Waals surface area contributed by atoms with Crippen LogP contribution in [0.15, 0.2) is 34.1 Å². The summed E-state index contributed by atoms with van der Waals surface area (Å²) in [7, 11) is 0. The van der Waals surface area contributed by atoms with Crippen LogP contribution in [0.1, 0.15) is 42.4 Å². The van der Waals surface area contributed by atoms with Gasteiger partial charge in [-0.15, -0.1) is 11.3 Å². The zero-order valence-corrected chi connectivity index (χ0v) is 14.1. The molecule has 2 atom stereocenters. The second-order valence-corrected chi connectivity index (χ2v) is 7.67. The van der Waals surface area contributed by atoms with E-state index in [4.69, 9.17) is 4.74 Å². The summed E-state index contributed by atoms with van der Waals surface area (Å²) in [6, 6.07) is 9.13. The fourth-order valence-electron chi connectivity index (χ4n) is 2.63. The summed E-state index contributed by atoms with van der Waals surface area (Å²) in [6.45, 7) is 3.09. The summed E-state index contributed by atoms with van der Waals surface area (Å²) in [5, 5.41) is 3.54. The van der Waals surface area contributed by atoms with Gasteiger partial charge in [-0.3, -0.25) is 0 Å². The fraction of sp³-hybridized carbons (Fsp3) is 0.375. The van der Waals surface area contributed by atoms with Gasteiger partial charge in [0.2, 0.25) is 0 Å². The van der Waals surface area contributed by atoms with Gasteiger partial charge in [-0.25, -0.2) is 4.39 Å². The van der Waals surface area contributed by atoms with Crippen molar-refractivity contribution in [2.45, 2.75) is 31.9 Å². The number of benzene rings is 1. The third kappa shape index (κ3) is 3.30.